The molecule has 45 heavy (non-hydrogen) atoms. The minimum absolute atomic E-state index is 0.172. The van der Waals surface area contributed by atoms with Gasteiger partial charge in [-0.15, -0.1) is 0 Å². The number of rotatable bonds is 12. The molecule has 2 aliphatic heterocycles. The van der Waals surface area contributed by atoms with Crippen LogP contribution in [-0.4, -0.2) is 70.7 Å². The molecule has 0 spiro atoms. The van der Waals surface area contributed by atoms with Crippen LogP contribution in [0, 0.1) is 0 Å². The summed E-state index contributed by atoms with van der Waals surface area (Å²) < 4.78 is 68.4. The summed E-state index contributed by atoms with van der Waals surface area (Å²) in [6.07, 6.45) is -5.20. The fourth-order valence-corrected chi connectivity index (χ4v) is 6.85. The zero-order chi connectivity index (χ0) is 31.8. The maximum atomic E-state index is 13.2. The first-order chi connectivity index (χ1) is 21.7. The van der Waals surface area contributed by atoms with E-state index in [0.717, 1.165) is 5.56 Å². The molecular formula is C34H40O10S. The largest absolute Gasteiger partial charge is 0.453 e. The standard InChI is InChI=1S/C34H40O10S/c1-23-32(43-34(35)27-17-11-6-12-18-27)29(20-30(38-3)40-23)42-31-19-28(39-21-25-13-7-4-8-14-25)33(24(2)41-31)44-45(36,37)22-26-15-9-5-10-16-26/h4-18,23-24,28-33H,19-22H2,1-3H3/t23-,24-,28-,29-,30+,31+,32-,33-/m1/s1. The Kier molecular flexibility index (Phi) is 11.4. The van der Waals surface area contributed by atoms with E-state index >= 15 is 0 Å². The van der Waals surface area contributed by atoms with E-state index in [0.29, 0.717) is 11.1 Å². The van der Waals surface area contributed by atoms with Gasteiger partial charge < -0.3 is 28.4 Å². The third kappa shape index (κ3) is 9.20. The maximum absolute atomic E-state index is 13.2. The van der Waals surface area contributed by atoms with Gasteiger partial charge in [0.1, 0.15) is 18.0 Å². The summed E-state index contributed by atoms with van der Waals surface area (Å²) in [6, 6.07) is 27.1. The van der Waals surface area contributed by atoms with Gasteiger partial charge in [0.25, 0.3) is 10.1 Å². The van der Waals surface area contributed by atoms with Crippen molar-refractivity contribution in [1.82, 2.24) is 0 Å². The number of methoxy groups -OCH3 is 1. The summed E-state index contributed by atoms with van der Waals surface area (Å²) in [5.74, 6) is -0.783. The second-order valence-corrected chi connectivity index (χ2v) is 12.8. The lowest BCUT2D eigenvalue weighted by Gasteiger charge is -2.44. The Morgan fingerprint density at radius 1 is 0.756 bits per heavy atom. The number of hydrogen-bond donors (Lipinski definition) is 0. The van der Waals surface area contributed by atoms with Crippen molar-refractivity contribution in [1.29, 1.82) is 0 Å². The quantitative estimate of drug-likeness (QED) is 0.198. The molecule has 11 heteroatoms. The fourth-order valence-electron chi connectivity index (χ4n) is 5.56. The topological polar surface area (TPSA) is 116 Å². The molecule has 0 N–H and O–H groups in total. The van der Waals surface area contributed by atoms with E-state index in [1.165, 1.54) is 7.11 Å². The number of esters is 1. The Labute approximate surface area is 264 Å². The molecule has 242 valence electrons. The monoisotopic (exact) mass is 640 g/mol. The van der Waals surface area contributed by atoms with Gasteiger partial charge in [-0.1, -0.05) is 78.9 Å². The predicted molar refractivity (Wildman–Crippen MR) is 164 cm³/mol. The summed E-state index contributed by atoms with van der Waals surface area (Å²) in [5, 5.41) is 0. The molecule has 0 aromatic heterocycles. The van der Waals surface area contributed by atoms with Gasteiger partial charge in [0.2, 0.25) is 0 Å². The van der Waals surface area contributed by atoms with Gasteiger partial charge in [-0.25, -0.2) is 4.79 Å². The van der Waals surface area contributed by atoms with Gasteiger partial charge in [-0.3, -0.25) is 4.18 Å². The van der Waals surface area contributed by atoms with Crippen LogP contribution < -0.4 is 0 Å². The summed E-state index contributed by atoms with van der Waals surface area (Å²) in [6.45, 7) is 3.76. The molecule has 0 unspecified atom stereocenters. The average Bonchev–Trinajstić information content (AvgIpc) is 3.04. The molecule has 0 saturated carbocycles. The first-order valence-electron chi connectivity index (χ1n) is 15.1. The van der Waals surface area contributed by atoms with Crippen molar-refractivity contribution in [3.05, 3.63) is 108 Å². The first-order valence-corrected chi connectivity index (χ1v) is 16.6. The number of carbonyl (C=O) groups is 1. The van der Waals surface area contributed by atoms with E-state index in [1.807, 2.05) is 42.5 Å². The second kappa shape index (κ2) is 15.4. The minimum Gasteiger partial charge on any atom is -0.453 e. The number of hydrogen-bond acceptors (Lipinski definition) is 10. The van der Waals surface area contributed by atoms with E-state index in [2.05, 4.69) is 0 Å². The Balaban J connectivity index is 1.32. The highest BCUT2D eigenvalue weighted by Crippen LogP contribution is 2.33. The average molecular weight is 641 g/mol. The zero-order valence-electron chi connectivity index (χ0n) is 25.6. The van der Waals surface area contributed by atoms with Crippen molar-refractivity contribution in [2.24, 2.45) is 0 Å². The first kappa shape index (κ1) is 33.2. The molecular weight excluding hydrogens is 600 g/mol. The Hall–Kier alpha value is -3.16. The van der Waals surface area contributed by atoms with Crippen molar-refractivity contribution in [3.63, 3.8) is 0 Å². The molecule has 3 aromatic carbocycles. The van der Waals surface area contributed by atoms with E-state index in [9.17, 15) is 13.2 Å². The summed E-state index contributed by atoms with van der Waals surface area (Å²) >= 11 is 0. The summed E-state index contributed by atoms with van der Waals surface area (Å²) in [5.41, 5.74) is 1.95. The Morgan fingerprint density at radius 2 is 1.31 bits per heavy atom. The molecule has 3 aromatic rings. The van der Waals surface area contributed by atoms with Crippen LogP contribution in [0.5, 0.6) is 0 Å². The van der Waals surface area contributed by atoms with E-state index in [-0.39, 0.29) is 25.2 Å². The summed E-state index contributed by atoms with van der Waals surface area (Å²) in [4.78, 5) is 13.0. The van der Waals surface area contributed by atoms with E-state index < -0.39 is 65.3 Å². The molecule has 0 aliphatic carbocycles. The lowest BCUT2D eigenvalue weighted by molar-refractivity contribution is -0.304. The molecule has 0 amide bonds. The van der Waals surface area contributed by atoms with Gasteiger partial charge in [0.05, 0.1) is 30.5 Å². The zero-order valence-corrected chi connectivity index (χ0v) is 26.4. The second-order valence-electron chi connectivity index (χ2n) is 11.2. The van der Waals surface area contributed by atoms with Crippen molar-refractivity contribution >= 4 is 16.1 Å². The van der Waals surface area contributed by atoms with Gasteiger partial charge in [-0.05, 0) is 37.1 Å². The highest BCUT2D eigenvalue weighted by atomic mass is 32.2. The molecule has 2 saturated heterocycles. The van der Waals surface area contributed by atoms with Gasteiger partial charge in [0.15, 0.2) is 18.7 Å². The smallest absolute Gasteiger partial charge is 0.338 e. The van der Waals surface area contributed by atoms with Crippen molar-refractivity contribution < 1.29 is 45.8 Å². The number of ether oxygens (including phenoxy) is 6. The van der Waals surface area contributed by atoms with Crippen molar-refractivity contribution in [2.45, 2.75) is 88.3 Å². The minimum atomic E-state index is -3.99. The Bertz CT molecular complexity index is 1450. The fraction of sp³-hybridized carbons (Fsp3) is 0.441. The Morgan fingerprint density at radius 3 is 1.96 bits per heavy atom. The van der Waals surface area contributed by atoms with Crippen LogP contribution in [0.2, 0.25) is 0 Å². The normalized spacial score (nSPS) is 28.8. The summed E-state index contributed by atoms with van der Waals surface area (Å²) in [7, 11) is -2.45. The lowest BCUT2D eigenvalue weighted by Crippen LogP contribution is -2.55. The molecule has 10 nitrogen and oxygen atoms in total. The molecule has 5 rings (SSSR count). The van der Waals surface area contributed by atoms with Crippen LogP contribution >= 0.6 is 0 Å². The van der Waals surface area contributed by atoms with Crippen LogP contribution in [0.4, 0.5) is 0 Å². The van der Waals surface area contributed by atoms with Crippen molar-refractivity contribution in [3.8, 4) is 0 Å². The molecule has 2 aliphatic rings. The van der Waals surface area contributed by atoms with E-state index in [1.54, 1.807) is 62.4 Å². The van der Waals surface area contributed by atoms with Crippen LogP contribution in [0.15, 0.2) is 91.0 Å². The van der Waals surface area contributed by atoms with Gasteiger partial charge in [-0.2, -0.15) is 8.42 Å². The third-order valence-electron chi connectivity index (χ3n) is 7.83. The van der Waals surface area contributed by atoms with Crippen LogP contribution in [0.25, 0.3) is 0 Å². The van der Waals surface area contributed by atoms with Crippen molar-refractivity contribution in [2.75, 3.05) is 7.11 Å². The highest BCUT2D eigenvalue weighted by molar-refractivity contribution is 7.85. The van der Waals surface area contributed by atoms with Gasteiger partial charge >= 0.3 is 5.97 Å². The molecule has 2 heterocycles. The lowest BCUT2D eigenvalue weighted by atomic mass is 10.00. The molecule has 0 bridgehead atoms. The SMILES string of the molecule is CO[C@@H]1C[C@@H](O[C@H]2C[C@@H](OCc3ccccc3)[C@H](OS(=O)(=O)Cc3ccccc3)[C@@H](C)O2)[C@H](OC(=O)c2ccccc2)[C@@H](C)O1. The molecule has 2 fully saturated rings. The predicted octanol–water partition coefficient (Wildman–Crippen LogP) is 5.01. The number of benzene rings is 3. The highest BCUT2D eigenvalue weighted by Gasteiger charge is 2.46. The molecule has 8 atom stereocenters. The third-order valence-corrected chi connectivity index (χ3v) is 9.04. The van der Waals surface area contributed by atoms with Crippen LogP contribution in [0.3, 0.4) is 0 Å². The van der Waals surface area contributed by atoms with Crippen LogP contribution in [-0.2, 0) is 55.1 Å². The van der Waals surface area contributed by atoms with E-state index in [4.69, 9.17) is 32.6 Å². The number of carbonyl (C=O) groups excluding carboxylic acids is 1. The van der Waals surface area contributed by atoms with Gasteiger partial charge in [0, 0.05) is 20.0 Å². The maximum Gasteiger partial charge on any atom is 0.338 e. The van der Waals surface area contributed by atoms with Crippen LogP contribution in [0.1, 0.15) is 48.2 Å². The molecule has 0 radical (unpaired) electrons.